The van der Waals surface area contributed by atoms with E-state index in [1.54, 1.807) is 6.07 Å². The molecule has 0 spiro atoms. The first-order chi connectivity index (χ1) is 10.1. The van der Waals surface area contributed by atoms with Gasteiger partial charge in [0.25, 0.3) is 0 Å². The quantitative estimate of drug-likeness (QED) is 0.816. The standard InChI is InChI=1S/C17H20F2N2/c1-2-10-21(11-13-6-3-4-9-16(13)20)12-14-7-5-8-15(18)17(14)19/h3-9H,2,10-12,20H2,1H3. The summed E-state index contributed by atoms with van der Waals surface area (Å²) in [6.07, 6.45) is 0.934. The van der Waals surface area contributed by atoms with Crippen LogP contribution in [0.25, 0.3) is 0 Å². The predicted octanol–water partition coefficient (Wildman–Crippen LogP) is 3.96. The smallest absolute Gasteiger partial charge is 0.163 e. The molecule has 0 heterocycles. The van der Waals surface area contributed by atoms with Crippen LogP contribution in [0.15, 0.2) is 42.5 Å². The number of para-hydroxylation sites is 1. The zero-order valence-corrected chi connectivity index (χ0v) is 12.2. The summed E-state index contributed by atoms with van der Waals surface area (Å²) in [6.45, 7) is 3.84. The zero-order chi connectivity index (χ0) is 15.2. The summed E-state index contributed by atoms with van der Waals surface area (Å²) in [5.41, 5.74) is 8.05. The highest BCUT2D eigenvalue weighted by molar-refractivity contribution is 5.46. The van der Waals surface area contributed by atoms with Crippen LogP contribution in [0.3, 0.4) is 0 Å². The lowest BCUT2D eigenvalue weighted by Gasteiger charge is -2.23. The molecular formula is C17H20F2N2. The molecule has 112 valence electrons. The Morgan fingerprint density at radius 1 is 0.952 bits per heavy atom. The molecule has 2 nitrogen and oxygen atoms in total. The number of nitrogens with zero attached hydrogens (tertiary/aromatic N) is 1. The summed E-state index contributed by atoms with van der Waals surface area (Å²) in [4.78, 5) is 2.07. The maximum atomic E-state index is 13.8. The normalized spacial score (nSPS) is 11.0. The van der Waals surface area contributed by atoms with Crippen molar-refractivity contribution in [3.63, 3.8) is 0 Å². The van der Waals surface area contributed by atoms with Gasteiger partial charge in [-0.1, -0.05) is 37.3 Å². The first-order valence-electron chi connectivity index (χ1n) is 7.10. The van der Waals surface area contributed by atoms with Gasteiger partial charge in [-0.3, -0.25) is 4.90 Å². The number of rotatable bonds is 6. The first-order valence-corrected chi connectivity index (χ1v) is 7.10. The molecule has 0 aromatic heterocycles. The van der Waals surface area contributed by atoms with E-state index in [-0.39, 0.29) is 0 Å². The second-order valence-corrected chi connectivity index (χ2v) is 5.12. The highest BCUT2D eigenvalue weighted by Crippen LogP contribution is 2.18. The summed E-state index contributed by atoms with van der Waals surface area (Å²) in [5, 5.41) is 0. The van der Waals surface area contributed by atoms with Gasteiger partial charge in [0, 0.05) is 24.3 Å². The first kappa shape index (κ1) is 15.4. The van der Waals surface area contributed by atoms with E-state index in [9.17, 15) is 8.78 Å². The lowest BCUT2D eigenvalue weighted by Crippen LogP contribution is -2.24. The number of benzene rings is 2. The van der Waals surface area contributed by atoms with E-state index in [0.29, 0.717) is 18.7 Å². The summed E-state index contributed by atoms with van der Waals surface area (Å²) in [7, 11) is 0. The highest BCUT2D eigenvalue weighted by Gasteiger charge is 2.13. The van der Waals surface area contributed by atoms with Crippen LogP contribution in [-0.2, 0) is 13.1 Å². The Morgan fingerprint density at radius 2 is 1.62 bits per heavy atom. The van der Waals surface area contributed by atoms with Gasteiger partial charge >= 0.3 is 0 Å². The molecule has 2 aromatic carbocycles. The number of nitrogens with two attached hydrogens (primary N) is 1. The Morgan fingerprint density at radius 3 is 2.33 bits per heavy atom. The molecule has 0 aliphatic heterocycles. The van der Waals surface area contributed by atoms with Crippen LogP contribution in [-0.4, -0.2) is 11.4 Å². The Labute approximate surface area is 124 Å². The summed E-state index contributed by atoms with van der Waals surface area (Å²) < 4.78 is 27.1. The molecule has 21 heavy (non-hydrogen) atoms. The number of hydrogen-bond donors (Lipinski definition) is 1. The summed E-state index contributed by atoms with van der Waals surface area (Å²) in [5.74, 6) is -1.57. The van der Waals surface area contributed by atoms with Crippen molar-refractivity contribution in [1.82, 2.24) is 4.90 Å². The summed E-state index contributed by atoms with van der Waals surface area (Å²) in [6, 6.07) is 11.9. The van der Waals surface area contributed by atoms with Crippen molar-refractivity contribution in [1.29, 1.82) is 0 Å². The molecule has 0 amide bonds. The molecule has 0 atom stereocenters. The molecule has 2 aromatic rings. The fourth-order valence-electron chi connectivity index (χ4n) is 2.36. The minimum Gasteiger partial charge on any atom is -0.398 e. The van der Waals surface area contributed by atoms with Crippen LogP contribution >= 0.6 is 0 Å². The minimum absolute atomic E-state index is 0.367. The van der Waals surface area contributed by atoms with Crippen molar-refractivity contribution >= 4 is 5.69 Å². The van der Waals surface area contributed by atoms with E-state index in [2.05, 4.69) is 11.8 Å². The molecule has 0 bridgehead atoms. The lowest BCUT2D eigenvalue weighted by molar-refractivity contribution is 0.253. The van der Waals surface area contributed by atoms with E-state index < -0.39 is 11.6 Å². The van der Waals surface area contributed by atoms with Crippen LogP contribution < -0.4 is 5.73 Å². The van der Waals surface area contributed by atoms with Gasteiger partial charge in [0.15, 0.2) is 11.6 Å². The van der Waals surface area contributed by atoms with Crippen LogP contribution in [0.5, 0.6) is 0 Å². The minimum atomic E-state index is -0.803. The maximum absolute atomic E-state index is 13.8. The predicted molar refractivity (Wildman–Crippen MR) is 81.6 cm³/mol. The SMILES string of the molecule is CCCN(Cc1ccccc1N)Cc1cccc(F)c1F. The average Bonchev–Trinajstić information content (AvgIpc) is 2.46. The van der Waals surface area contributed by atoms with Gasteiger partial charge in [-0.2, -0.15) is 0 Å². The van der Waals surface area contributed by atoms with Crippen molar-refractivity contribution in [3.8, 4) is 0 Å². The fourth-order valence-corrected chi connectivity index (χ4v) is 2.36. The van der Waals surface area contributed by atoms with E-state index in [4.69, 9.17) is 5.73 Å². The fraction of sp³-hybridized carbons (Fsp3) is 0.294. The monoisotopic (exact) mass is 290 g/mol. The molecule has 0 aliphatic carbocycles. The Kier molecular flexibility index (Phi) is 5.28. The van der Waals surface area contributed by atoms with Gasteiger partial charge in [-0.05, 0) is 30.7 Å². The van der Waals surface area contributed by atoms with Crippen LogP contribution in [0.1, 0.15) is 24.5 Å². The average molecular weight is 290 g/mol. The molecule has 4 heteroatoms. The third kappa shape index (κ3) is 4.02. The lowest BCUT2D eigenvalue weighted by atomic mass is 10.1. The second kappa shape index (κ2) is 7.18. The van der Waals surface area contributed by atoms with Gasteiger partial charge in [0.2, 0.25) is 0 Å². The highest BCUT2D eigenvalue weighted by atomic mass is 19.2. The van der Waals surface area contributed by atoms with Gasteiger partial charge in [0.1, 0.15) is 0 Å². The third-order valence-corrected chi connectivity index (χ3v) is 3.41. The topological polar surface area (TPSA) is 29.3 Å². The molecule has 0 saturated carbocycles. The molecule has 0 fully saturated rings. The molecule has 0 saturated heterocycles. The van der Waals surface area contributed by atoms with Crippen LogP contribution in [0.4, 0.5) is 14.5 Å². The van der Waals surface area contributed by atoms with Crippen molar-refractivity contribution < 1.29 is 8.78 Å². The molecule has 0 radical (unpaired) electrons. The van der Waals surface area contributed by atoms with Gasteiger partial charge < -0.3 is 5.73 Å². The zero-order valence-electron chi connectivity index (χ0n) is 12.2. The van der Waals surface area contributed by atoms with E-state index in [0.717, 1.165) is 30.3 Å². The number of halogens is 2. The van der Waals surface area contributed by atoms with E-state index >= 15 is 0 Å². The number of anilines is 1. The van der Waals surface area contributed by atoms with Crippen LogP contribution in [0, 0.1) is 11.6 Å². The molecule has 2 N–H and O–H groups in total. The summed E-state index contributed by atoms with van der Waals surface area (Å²) >= 11 is 0. The Bertz CT molecular complexity index is 599. The van der Waals surface area contributed by atoms with Gasteiger partial charge in [-0.25, -0.2) is 8.78 Å². The van der Waals surface area contributed by atoms with Gasteiger partial charge in [-0.15, -0.1) is 0 Å². The largest absolute Gasteiger partial charge is 0.398 e. The van der Waals surface area contributed by atoms with Gasteiger partial charge in [0.05, 0.1) is 0 Å². The van der Waals surface area contributed by atoms with E-state index in [1.807, 2.05) is 24.3 Å². The van der Waals surface area contributed by atoms with E-state index in [1.165, 1.54) is 6.07 Å². The maximum Gasteiger partial charge on any atom is 0.163 e. The van der Waals surface area contributed by atoms with Crippen molar-refractivity contribution in [2.24, 2.45) is 0 Å². The number of hydrogen-bond acceptors (Lipinski definition) is 2. The molecule has 0 unspecified atom stereocenters. The van der Waals surface area contributed by atoms with Crippen LogP contribution in [0.2, 0.25) is 0 Å². The van der Waals surface area contributed by atoms with Crippen molar-refractivity contribution in [2.45, 2.75) is 26.4 Å². The molecule has 2 rings (SSSR count). The second-order valence-electron chi connectivity index (χ2n) is 5.12. The third-order valence-electron chi connectivity index (χ3n) is 3.41. The Hall–Kier alpha value is -1.94. The molecule has 0 aliphatic rings. The van der Waals surface area contributed by atoms with Crippen molar-refractivity contribution in [2.75, 3.05) is 12.3 Å². The molecular weight excluding hydrogens is 270 g/mol. The van der Waals surface area contributed by atoms with Crippen molar-refractivity contribution in [3.05, 3.63) is 65.2 Å². The Balaban J connectivity index is 2.16. The number of nitrogen functional groups attached to an aromatic ring is 1.